The van der Waals surface area contributed by atoms with Crippen molar-refractivity contribution in [2.24, 2.45) is 11.7 Å². The topological polar surface area (TPSA) is 111 Å². The third-order valence-corrected chi connectivity index (χ3v) is 7.49. The van der Waals surface area contributed by atoms with Crippen LogP contribution in [-0.2, 0) is 4.79 Å². The van der Waals surface area contributed by atoms with Crippen LogP contribution in [0.15, 0.2) is 18.3 Å². The summed E-state index contributed by atoms with van der Waals surface area (Å²) >= 11 is 5.69. The number of fused-ring (bicyclic) bond motifs is 1. The number of aromatic nitrogens is 4. The highest BCUT2D eigenvalue weighted by molar-refractivity contribution is 6.30. The molecule has 8 nitrogen and oxygen atoms in total. The fraction of sp³-hybridized carbons (Fsp3) is 0.500. The maximum absolute atomic E-state index is 14.6. The Bertz CT molecular complexity index is 1320. The van der Waals surface area contributed by atoms with Crippen molar-refractivity contribution in [3.63, 3.8) is 0 Å². The summed E-state index contributed by atoms with van der Waals surface area (Å²) < 4.78 is 57.5. The number of hydrogen-bond acceptors (Lipinski definition) is 6. The Balaban J connectivity index is 1.48. The lowest BCUT2D eigenvalue weighted by Gasteiger charge is -2.29. The molecule has 2 heterocycles. The van der Waals surface area contributed by atoms with Crippen LogP contribution in [0.1, 0.15) is 57.4 Å². The molecule has 1 amide bonds. The zero-order valence-corrected chi connectivity index (χ0v) is 20.5. The van der Waals surface area contributed by atoms with E-state index in [1.165, 1.54) is 6.20 Å². The lowest BCUT2D eigenvalue weighted by molar-refractivity contribution is -0.122. The number of rotatable bonds is 6. The van der Waals surface area contributed by atoms with Crippen LogP contribution in [-0.4, -0.2) is 37.4 Å². The first-order valence-electron chi connectivity index (χ1n) is 12.2. The predicted molar refractivity (Wildman–Crippen MR) is 131 cm³/mol. The van der Waals surface area contributed by atoms with Crippen molar-refractivity contribution in [2.45, 2.75) is 69.4 Å². The van der Waals surface area contributed by atoms with Gasteiger partial charge in [0, 0.05) is 36.9 Å². The molecular formula is C24H26ClF4N7O. The number of carbonyl (C=O) groups excluding carboxylic acids is 1. The number of benzene rings is 1. The van der Waals surface area contributed by atoms with E-state index in [4.69, 9.17) is 17.3 Å². The molecule has 0 radical (unpaired) electrons. The Morgan fingerprint density at radius 1 is 1.05 bits per heavy atom. The van der Waals surface area contributed by atoms with Gasteiger partial charge in [-0.25, -0.2) is 27.5 Å². The quantitative estimate of drug-likeness (QED) is 0.273. The molecule has 0 aliphatic heterocycles. The minimum Gasteiger partial charge on any atom is -0.369 e. The molecule has 5 rings (SSSR count). The molecule has 0 spiro atoms. The van der Waals surface area contributed by atoms with E-state index < -0.39 is 17.6 Å². The van der Waals surface area contributed by atoms with Crippen LogP contribution in [0.5, 0.6) is 0 Å². The summed E-state index contributed by atoms with van der Waals surface area (Å²) in [7, 11) is 0. The standard InChI is InChI=1S/C24H26ClF4N7O/c25-15-9-17(27)18(10-16(15)26)33-23-34-19-11-31-22(32-13-5-7-24(28,29)8-6-13)35-21(19)36(23)14-3-1-12(2-4-14)20(30)37/h9-14H,1-8H2,(H2,30,37)(H,33,34)(H,31,32,35)/t12-,14-. The number of primary amides is 1. The number of nitrogens with one attached hydrogen (secondary N) is 2. The van der Waals surface area contributed by atoms with Crippen LogP contribution >= 0.6 is 11.6 Å². The van der Waals surface area contributed by atoms with Gasteiger partial charge in [-0.2, -0.15) is 4.98 Å². The molecule has 0 atom stereocenters. The highest BCUT2D eigenvalue weighted by atomic mass is 35.5. The zero-order chi connectivity index (χ0) is 26.3. The van der Waals surface area contributed by atoms with Crippen LogP contribution in [0, 0.1) is 17.6 Å². The second kappa shape index (κ2) is 9.96. The molecule has 2 aromatic heterocycles. The van der Waals surface area contributed by atoms with Gasteiger partial charge < -0.3 is 16.4 Å². The number of imidazole rings is 1. The average molecular weight is 540 g/mol. The number of alkyl halides is 2. The molecule has 0 saturated heterocycles. The lowest BCUT2D eigenvalue weighted by atomic mass is 9.85. The van der Waals surface area contributed by atoms with Crippen molar-refractivity contribution in [2.75, 3.05) is 10.6 Å². The molecule has 2 fully saturated rings. The SMILES string of the molecule is NC(=O)[C@H]1CC[C@H](n2c(Nc3cc(F)c(Cl)cc3F)nc3cnc(NC4CCC(F)(F)CC4)nc32)CC1. The largest absolute Gasteiger partial charge is 0.369 e. The first kappa shape index (κ1) is 25.5. The Hall–Kier alpha value is -3.15. The molecule has 198 valence electrons. The number of halogens is 5. The van der Waals surface area contributed by atoms with Crippen molar-refractivity contribution >= 4 is 46.3 Å². The second-order valence-electron chi connectivity index (χ2n) is 9.76. The monoisotopic (exact) mass is 539 g/mol. The van der Waals surface area contributed by atoms with Crippen LogP contribution in [0.25, 0.3) is 11.2 Å². The summed E-state index contributed by atoms with van der Waals surface area (Å²) in [4.78, 5) is 25.1. The van der Waals surface area contributed by atoms with Gasteiger partial charge in [-0.05, 0) is 44.6 Å². The molecule has 3 aromatic rings. The first-order chi connectivity index (χ1) is 17.6. The summed E-state index contributed by atoms with van der Waals surface area (Å²) in [6.07, 6.45) is 3.99. The average Bonchev–Trinajstić information content (AvgIpc) is 3.21. The Kier molecular flexibility index (Phi) is 6.86. The van der Waals surface area contributed by atoms with Gasteiger partial charge in [0.15, 0.2) is 5.65 Å². The normalized spacial score (nSPS) is 22.2. The third-order valence-electron chi connectivity index (χ3n) is 7.20. The van der Waals surface area contributed by atoms with E-state index in [0.29, 0.717) is 49.7 Å². The molecule has 13 heteroatoms. The molecule has 0 unspecified atom stereocenters. The first-order valence-corrected chi connectivity index (χ1v) is 12.6. The van der Waals surface area contributed by atoms with E-state index in [2.05, 4.69) is 25.6 Å². The number of anilines is 3. The molecule has 4 N–H and O–H groups in total. The summed E-state index contributed by atoms with van der Waals surface area (Å²) in [6.45, 7) is 0. The third kappa shape index (κ3) is 5.43. The molecule has 2 aliphatic rings. The van der Waals surface area contributed by atoms with E-state index in [1.807, 2.05) is 0 Å². The molecular weight excluding hydrogens is 514 g/mol. The molecule has 0 bridgehead atoms. The Morgan fingerprint density at radius 2 is 1.76 bits per heavy atom. The lowest BCUT2D eigenvalue weighted by Crippen LogP contribution is -2.32. The summed E-state index contributed by atoms with van der Waals surface area (Å²) in [5.41, 5.74) is 6.19. The van der Waals surface area contributed by atoms with Crippen molar-refractivity contribution < 1.29 is 22.4 Å². The second-order valence-corrected chi connectivity index (χ2v) is 10.2. The van der Waals surface area contributed by atoms with Gasteiger partial charge in [-0.1, -0.05) is 11.6 Å². The molecule has 2 saturated carbocycles. The van der Waals surface area contributed by atoms with E-state index in [0.717, 1.165) is 12.1 Å². The summed E-state index contributed by atoms with van der Waals surface area (Å²) in [6, 6.07) is 1.48. The van der Waals surface area contributed by atoms with Crippen molar-refractivity contribution in [3.05, 3.63) is 35.0 Å². The number of nitrogens with two attached hydrogens (primary N) is 1. The Labute approximate surface area is 215 Å². The van der Waals surface area contributed by atoms with E-state index in [9.17, 15) is 22.4 Å². The number of nitrogens with zero attached hydrogens (tertiary/aromatic N) is 4. The predicted octanol–water partition coefficient (Wildman–Crippen LogP) is 5.71. The van der Waals surface area contributed by atoms with Crippen molar-refractivity contribution in [1.82, 2.24) is 19.5 Å². The van der Waals surface area contributed by atoms with Crippen molar-refractivity contribution in [1.29, 1.82) is 0 Å². The minimum absolute atomic E-state index is 0.153. The van der Waals surface area contributed by atoms with Crippen LogP contribution < -0.4 is 16.4 Å². The maximum Gasteiger partial charge on any atom is 0.248 e. The maximum atomic E-state index is 14.6. The van der Waals surface area contributed by atoms with Crippen molar-refractivity contribution in [3.8, 4) is 0 Å². The molecule has 37 heavy (non-hydrogen) atoms. The highest BCUT2D eigenvalue weighted by Gasteiger charge is 2.35. The summed E-state index contributed by atoms with van der Waals surface area (Å²) in [5.74, 6) is -4.29. The van der Waals surface area contributed by atoms with Gasteiger partial charge in [0.1, 0.15) is 17.2 Å². The van der Waals surface area contributed by atoms with Crippen LogP contribution in [0.3, 0.4) is 0 Å². The van der Waals surface area contributed by atoms with Gasteiger partial charge in [0.2, 0.25) is 23.7 Å². The van der Waals surface area contributed by atoms with E-state index in [1.54, 1.807) is 4.57 Å². The van der Waals surface area contributed by atoms with Gasteiger partial charge in [-0.3, -0.25) is 9.36 Å². The Morgan fingerprint density at radius 3 is 2.43 bits per heavy atom. The minimum atomic E-state index is -2.65. The molecule has 2 aliphatic carbocycles. The zero-order valence-electron chi connectivity index (χ0n) is 19.8. The van der Waals surface area contributed by atoms with Crippen LogP contribution in [0.4, 0.5) is 35.1 Å². The van der Waals surface area contributed by atoms with Crippen LogP contribution in [0.2, 0.25) is 5.02 Å². The van der Waals surface area contributed by atoms with Gasteiger partial charge in [-0.15, -0.1) is 0 Å². The highest BCUT2D eigenvalue weighted by Crippen LogP contribution is 2.38. The number of amides is 1. The smallest absolute Gasteiger partial charge is 0.248 e. The number of hydrogen-bond donors (Lipinski definition) is 3. The molecule has 1 aromatic carbocycles. The fourth-order valence-corrected chi connectivity index (χ4v) is 5.27. The van der Waals surface area contributed by atoms with E-state index in [-0.39, 0.29) is 59.4 Å². The fourth-order valence-electron chi connectivity index (χ4n) is 5.12. The van der Waals surface area contributed by atoms with Gasteiger partial charge >= 0.3 is 0 Å². The number of carbonyl (C=O) groups is 1. The van der Waals surface area contributed by atoms with Gasteiger partial charge in [0.05, 0.1) is 16.9 Å². The summed E-state index contributed by atoms with van der Waals surface area (Å²) in [5, 5.41) is 5.65. The van der Waals surface area contributed by atoms with E-state index >= 15 is 0 Å². The van der Waals surface area contributed by atoms with Gasteiger partial charge in [0.25, 0.3) is 0 Å².